The van der Waals surface area contributed by atoms with E-state index in [9.17, 15) is 5.11 Å². The zero-order valence-corrected chi connectivity index (χ0v) is 10.4. The number of aliphatic hydroxyl groups excluding tert-OH is 1. The van der Waals surface area contributed by atoms with Gasteiger partial charge in [0.05, 0.1) is 18.3 Å². The van der Waals surface area contributed by atoms with Crippen molar-refractivity contribution >= 4 is 0 Å². The molecule has 1 aliphatic heterocycles. The largest absolute Gasteiger partial charge is 0.392 e. The van der Waals surface area contributed by atoms with Gasteiger partial charge in [-0.15, -0.1) is 0 Å². The van der Waals surface area contributed by atoms with E-state index in [2.05, 4.69) is 13.8 Å². The van der Waals surface area contributed by atoms with Crippen molar-refractivity contribution in [3.05, 3.63) is 0 Å². The normalized spacial score (nSPS) is 34.7. The summed E-state index contributed by atoms with van der Waals surface area (Å²) in [5.74, 6) is 0. The lowest BCUT2D eigenvalue weighted by molar-refractivity contribution is -0.221. The molecule has 0 aromatic carbocycles. The van der Waals surface area contributed by atoms with E-state index >= 15 is 0 Å². The molecule has 0 spiro atoms. The van der Waals surface area contributed by atoms with Crippen LogP contribution in [0.2, 0.25) is 0 Å². The third kappa shape index (κ3) is 2.01. The van der Waals surface area contributed by atoms with E-state index in [1.54, 1.807) is 0 Å². The fourth-order valence-electron chi connectivity index (χ4n) is 3.14. The highest BCUT2D eigenvalue weighted by Gasteiger charge is 2.53. The van der Waals surface area contributed by atoms with Crippen LogP contribution < -0.4 is 0 Å². The number of ether oxygens (including phenoxy) is 2. The summed E-state index contributed by atoms with van der Waals surface area (Å²) in [4.78, 5) is 0. The van der Waals surface area contributed by atoms with Gasteiger partial charge in [-0.1, -0.05) is 13.8 Å². The summed E-state index contributed by atoms with van der Waals surface area (Å²) in [6.45, 7) is 5.97. The molecule has 2 fully saturated rings. The molecule has 1 N–H and O–H groups in total. The van der Waals surface area contributed by atoms with E-state index in [1.165, 1.54) is 0 Å². The van der Waals surface area contributed by atoms with Crippen molar-refractivity contribution in [3.63, 3.8) is 0 Å². The second kappa shape index (κ2) is 5.03. The Hall–Kier alpha value is -0.120. The first-order valence-corrected chi connectivity index (χ1v) is 6.64. The van der Waals surface area contributed by atoms with Crippen molar-refractivity contribution in [3.8, 4) is 0 Å². The lowest BCUT2D eigenvalue weighted by Gasteiger charge is -2.54. The van der Waals surface area contributed by atoms with Gasteiger partial charge >= 0.3 is 0 Å². The Bertz CT molecular complexity index is 219. The summed E-state index contributed by atoms with van der Waals surface area (Å²) in [6.07, 6.45) is 5.32. The van der Waals surface area contributed by atoms with Gasteiger partial charge in [-0.2, -0.15) is 0 Å². The van der Waals surface area contributed by atoms with E-state index in [-0.39, 0.29) is 17.6 Å². The predicted octanol–water partition coefficient (Wildman–Crippen LogP) is 2.12. The summed E-state index contributed by atoms with van der Waals surface area (Å²) in [7, 11) is 0. The molecule has 94 valence electrons. The summed E-state index contributed by atoms with van der Waals surface area (Å²) < 4.78 is 11.5. The van der Waals surface area contributed by atoms with Gasteiger partial charge in [0.1, 0.15) is 0 Å². The van der Waals surface area contributed by atoms with Crippen LogP contribution in [0.5, 0.6) is 0 Å². The van der Waals surface area contributed by atoms with E-state index in [0.29, 0.717) is 6.10 Å². The van der Waals surface area contributed by atoms with E-state index in [4.69, 9.17) is 9.47 Å². The number of hydrogen-bond acceptors (Lipinski definition) is 3. The number of rotatable bonds is 4. The van der Waals surface area contributed by atoms with Crippen LogP contribution >= 0.6 is 0 Å². The van der Waals surface area contributed by atoms with Crippen LogP contribution in [0.3, 0.4) is 0 Å². The highest BCUT2D eigenvalue weighted by molar-refractivity contribution is 5.03. The summed E-state index contributed by atoms with van der Waals surface area (Å²) >= 11 is 0. The second-order valence-corrected chi connectivity index (χ2v) is 5.13. The fraction of sp³-hybridized carbons (Fsp3) is 1.00. The minimum atomic E-state index is -0.160. The monoisotopic (exact) mass is 228 g/mol. The minimum Gasteiger partial charge on any atom is -0.392 e. The third-order valence-corrected chi connectivity index (χ3v) is 4.58. The van der Waals surface area contributed by atoms with Gasteiger partial charge in [0.25, 0.3) is 0 Å². The zero-order valence-electron chi connectivity index (χ0n) is 10.4. The van der Waals surface area contributed by atoms with Crippen LogP contribution in [0.4, 0.5) is 0 Å². The number of hydrogen-bond donors (Lipinski definition) is 1. The van der Waals surface area contributed by atoms with Crippen molar-refractivity contribution in [2.75, 3.05) is 13.2 Å². The molecule has 2 unspecified atom stereocenters. The molecule has 1 heterocycles. The molecule has 2 aliphatic rings. The Morgan fingerprint density at radius 2 is 1.88 bits per heavy atom. The Kier molecular flexibility index (Phi) is 3.88. The second-order valence-electron chi connectivity index (χ2n) is 5.13. The molecule has 3 heteroatoms. The van der Waals surface area contributed by atoms with Crippen LogP contribution in [-0.2, 0) is 9.47 Å². The molecule has 1 aliphatic carbocycles. The van der Waals surface area contributed by atoms with Gasteiger partial charge in [-0.25, -0.2) is 0 Å². The average molecular weight is 228 g/mol. The van der Waals surface area contributed by atoms with Gasteiger partial charge in [-0.3, -0.25) is 0 Å². The molecule has 2 rings (SSSR count). The molecular weight excluding hydrogens is 204 g/mol. The summed E-state index contributed by atoms with van der Waals surface area (Å²) in [5, 5.41) is 9.95. The quantitative estimate of drug-likeness (QED) is 0.801. The van der Waals surface area contributed by atoms with Crippen molar-refractivity contribution in [2.45, 2.75) is 64.3 Å². The molecule has 0 aromatic rings. The first kappa shape index (κ1) is 12.3. The number of aliphatic hydroxyl groups is 1. The van der Waals surface area contributed by atoms with Gasteiger partial charge in [0.15, 0.2) is 0 Å². The minimum absolute atomic E-state index is 0.0261. The smallest absolute Gasteiger partial charge is 0.0684 e. The molecule has 0 amide bonds. The Labute approximate surface area is 98.1 Å². The van der Waals surface area contributed by atoms with Crippen molar-refractivity contribution < 1.29 is 14.6 Å². The van der Waals surface area contributed by atoms with Crippen LogP contribution in [0.1, 0.15) is 46.0 Å². The van der Waals surface area contributed by atoms with Gasteiger partial charge < -0.3 is 14.6 Å². The molecule has 2 atom stereocenters. The highest BCUT2D eigenvalue weighted by atomic mass is 16.5. The standard InChI is InChI=1S/C13H24O3/c1-3-13(4-2)11(14)9-12(13)16-10-5-7-15-8-6-10/h10-12,14H,3-9H2,1-2H3. The van der Waals surface area contributed by atoms with Crippen LogP contribution in [0.25, 0.3) is 0 Å². The maximum absolute atomic E-state index is 9.95. The van der Waals surface area contributed by atoms with Gasteiger partial charge in [0.2, 0.25) is 0 Å². The third-order valence-electron chi connectivity index (χ3n) is 4.58. The van der Waals surface area contributed by atoms with Gasteiger partial charge in [-0.05, 0) is 25.7 Å². The van der Waals surface area contributed by atoms with E-state index in [0.717, 1.165) is 45.3 Å². The molecular formula is C13H24O3. The van der Waals surface area contributed by atoms with E-state index in [1.807, 2.05) is 0 Å². The highest BCUT2D eigenvalue weighted by Crippen LogP contribution is 2.49. The topological polar surface area (TPSA) is 38.7 Å². The molecule has 1 saturated heterocycles. The lowest BCUT2D eigenvalue weighted by Crippen LogP contribution is -2.58. The molecule has 16 heavy (non-hydrogen) atoms. The lowest BCUT2D eigenvalue weighted by atomic mass is 9.60. The van der Waals surface area contributed by atoms with Crippen LogP contribution in [-0.4, -0.2) is 36.6 Å². The van der Waals surface area contributed by atoms with Gasteiger partial charge in [0, 0.05) is 25.0 Å². The maximum atomic E-state index is 9.95. The summed E-state index contributed by atoms with van der Waals surface area (Å²) in [6, 6.07) is 0. The average Bonchev–Trinajstić information content (AvgIpc) is 2.32. The molecule has 0 bridgehead atoms. The van der Waals surface area contributed by atoms with E-state index < -0.39 is 0 Å². The zero-order chi connectivity index (χ0) is 11.6. The van der Waals surface area contributed by atoms with Crippen molar-refractivity contribution in [1.82, 2.24) is 0 Å². The Morgan fingerprint density at radius 1 is 1.25 bits per heavy atom. The first-order valence-electron chi connectivity index (χ1n) is 6.64. The predicted molar refractivity (Wildman–Crippen MR) is 62.4 cm³/mol. The maximum Gasteiger partial charge on any atom is 0.0684 e. The molecule has 0 aromatic heterocycles. The SMILES string of the molecule is CCC1(CC)C(O)CC1OC1CCOCC1. The molecule has 0 radical (unpaired) electrons. The molecule has 3 nitrogen and oxygen atoms in total. The van der Waals surface area contributed by atoms with Crippen LogP contribution in [0.15, 0.2) is 0 Å². The van der Waals surface area contributed by atoms with Crippen molar-refractivity contribution in [2.24, 2.45) is 5.41 Å². The van der Waals surface area contributed by atoms with Crippen LogP contribution in [0, 0.1) is 5.41 Å². The Balaban J connectivity index is 1.89. The Morgan fingerprint density at radius 3 is 2.38 bits per heavy atom. The fourth-order valence-corrected chi connectivity index (χ4v) is 3.14. The summed E-state index contributed by atoms with van der Waals surface area (Å²) in [5.41, 5.74) is 0.0261. The van der Waals surface area contributed by atoms with Crippen molar-refractivity contribution in [1.29, 1.82) is 0 Å². The first-order chi connectivity index (χ1) is 7.73. The molecule has 1 saturated carbocycles.